The maximum Gasteiger partial charge on any atom is 0.0595 e. The molecule has 0 aliphatic heterocycles. The number of aliphatic hydroxyl groups excluding tert-OH is 1. The molecule has 1 aromatic rings. The molecular formula is C12H16Cl2O. The van der Waals surface area contributed by atoms with Crippen molar-refractivity contribution in [3.8, 4) is 0 Å². The third-order valence-corrected chi connectivity index (χ3v) is 3.36. The summed E-state index contributed by atoms with van der Waals surface area (Å²) in [7, 11) is 0. The summed E-state index contributed by atoms with van der Waals surface area (Å²) >= 11 is 11.7. The van der Waals surface area contributed by atoms with Crippen LogP contribution < -0.4 is 0 Å². The van der Waals surface area contributed by atoms with Crippen LogP contribution in [0.25, 0.3) is 0 Å². The number of hydrogen-bond acceptors (Lipinski definition) is 1. The molecule has 2 unspecified atom stereocenters. The minimum atomic E-state index is -0.251. The van der Waals surface area contributed by atoms with Gasteiger partial charge >= 0.3 is 0 Å². The topological polar surface area (TPSA) is 20.2 Å². The van der Waals surface area contributed by atoms with Crippen LogP contribution in [0.5, 0.6) is 0 Å². The molecule has 1 N–H and O–H groups in total. The average Bonchev–Trinajstić information content (AvgIpc) is 2.22. The van der Waals surface area contributed by atoms with Crippen molar-refractivity contribution in [3.05, 3.63) is 33.8 Å². The van der Waals surface area contributed by atoms with E-state index in [1.165, 1.54) is 0 Å². The molecule has 0 saturated heterocycles. The molecule has 0 bridgehead atoms. The summed E-state index contributed by atoms with van der Waals surface area (Å²) < 4.78 is 0. The van der Waals surface area contributed by atoms with Crippen molar-refractivity contribution >= 4 is 23.2 Å². The van der Waals surface area contributed by atoms with Crippen LogP contribution in [0, 0.1) is 5.92 Å². The fraction of sp³-hybridized carbons (Fsp3) is 0.500. The molecule has 1 nitrogen and oxygen atoms in total. The molecule has 15 heavy (non-hydrogen) atoms. The lowest BCUT2D eigenvalue weighted by molar-refractivity contribution is 0.113. The normalized spacial score (nSPS) is 15.0. The first-order valence-corrected chi connectivity index (χ1v) is 5.92. The molecule has 0 aliphatic rings. The molecule has 0 radical (unpaired) electrons. The van der Waals surface area contributed by atoms with Gasteiger partial charge in [-0.05, 0) is 36.5 Å². The van der Waals surface area contributed by atoms with E-state index in [1.54, 1.807) is 6.07 Å². The van der Waals surface area contributed by atoms with Crippen LogP contribution in [0.15, 0.2) is 18.2 Å². The number of aliphatic hydroxyl groups is 1. The van der Waals surface area contributed by atoms with E-state index in [2.05, 4.69) is 0 Å². The second kappa shape index (κ2) is 5.74. The van der Waals surface area contributed by atoms with E-state index >= 15 is 0 Å². The fourth-order valence-electron chi connectivity index (χ4n) is 1.58. The first-order chi connectivity index (χ1) is 7.04. The van der Waals surface area contributed by atoms with Crippen LogP contribution >= 0.6 is 23.2 Å². The Morgan fingerprint density at radius 3 is 2.47 bits per heavy atom. The highest BCUT2D eigenvalue weighted by molar-refractivity contribution is 6.42. The minimum absolute atomic E-state index is 0.243. The third-order valence-electron chi connectivity index (χ3n) is 2.62. The largest absolute Gasteiger partial charge is 0.393 e. The monoisotopic (exact) mass is 246 g/mol. The molecule has 3 heteroatoms. The SMILES string of the molecule is CCC(O)C(C)Cc1ccc(Cl)c(Cl)c1. The quantitative estimate of drug-likeness (QED) is 0.854. The van der Waals surface area contributed by atoms with Crippen LogP contribution in [0.2, 0.25) is 10.0 Å². The number of halogens is 2. The average molecular weight is 247 g/mol. The van der Waals surface area contributed by atoms with Gasteiger partial charge in [0.1, 0.15) is 0 Å². The second-order valence-electron chi connectivity index (χ2n) is 3.91. The standard InChI is InChI=1S/C12H16Cl2O/c1-3-12(15)8(2)6-9-4-5-10(13)11(14)7-9/h4-5,7-8,12,15H,3,6H2,1-2H3. The van der Waals surface area contributed by atoms with Crippen LogP contribution in [0.4, 0.5) is 0 Å². The van der Waals surface area contributed by atoms with Gasteiger partial charge in [0.15, 0.2) is 0 Å². The van der Waals surface area contributed by atoms with Gasteiger partial charge in [-0.25, -0.2) is 0 Å². The predicted molar refractivity (Wildman–Crippen MR) is 65.6 cm³/mol. The number of rotatable bonds is 4. The van der Waals surface area contributed by atoms with E-state index in [1.807, 2.05) is 26.0 Å². The smallest absolute Gasteiger partial charge is 0.0595 e. The van der Waals surface area contributed by atoms with Gasteiger partial charge < -0.3 is 5.11 Å². The van der Waals surface area contributed by atoms with Gasteiger partial charge in [0, 0.05) is 0 Å². The summed E-state index contributed by atoms with van der Waals surface area (Å²) in [6.07, 6.45) is 1.36. The van der Waals surface area contributed by atoms with E-state index in [4.69, 9.17) is 23.2 Å². The van der Waals surface area contributed by atoms with Gasteiger partial charge in [0.25, 0.3) is 0 Å². The van der Waals surface area contributed by atoms with Crippen molar-refractivity contribution in [2.45, 2.75) is 32.8 Å². The van der Waals surface area contributed by atoms with Gasteiger partial charge in [-0.15, -0.1) is 0 Å². The molecule has 1 rings (SSSR count). The molecule has 0 heterocycles. The van der Waals surface area contributed by atoms with Crippen molar-refractivity contribution in [1.29, 1.82) is 0 Å². The third kappa shape index (κ3) is 3.67. The zero-order chi connectivity index (χ0) is 11.4. The molecule has 2 atom stereocenters. The van der Waals surface area contributed by atoms with Crippen molar-refractivity contribution in [1.82, 2.24) is 0 Å². The second-order valence-corrected chi connectivity index (χ2v) is 4.72. The molecule has 84 valence electrons. The fourth-order valence-corrected chi connectivity index (χ4v) is 1.90. The molecule has 0 saturated carbocycles. The first kappa shape index (κ1) is 12.8. The lowest BCUT2D eigenvalue weighted by Gasteiger charge is -2.17. The van der Waals surface area contributed by atoms with E-state index in [0.29, 0.717) is 10.0 Å². The zero-order valence-corrected chi connectivity index (χ0v) is 10.5. The van der Waals surface area contributed by atoms with E-state index in [0.717, 1.165) is 18.4 Å². The van der Waals surface area contributed by atoms with Crippen LogP contribution in [-0.4, -0.2) is 11.2 Å². The van der Waals surface area contributed by atoms with Gasteiger partial charge in [0.2, 0.25) is 0 Å². The maximum absolute atomic E-state index is 9.65. The summed E-state index contributed by atoms with van der Waals surface area (Å²) in [5.74, 6) is 0.243. The Labute approximate surface area is 101 Å². The first-order valence-electron chi connectivity index (χ1n) is 5.16. The van der Waals surface area contributed by atoms with Gasteiger partial charge in [-0.2, -0.15) is 0 Å². The highest BCUT2D eigenvalue weighted by atomic mass is 35.5. The van der Waals surface area contributed by atoms with Gasteiger partial charge in [-0.3, -0.25) is 0 Å². The highest BCUT2D eigenvalue weighted by Gasteiger charge is 2.13. The Morgan fingerprint density at radius 1 is 1.27 bits per heavy atom. The molecule has 0 aliphatic carbocycles. The lowest BCUT2D eigenvalue weighted by atomic mass is 9.94. The molecular weight excluding hydrogens is 231 g/mol. The summed E-state index contributed by atoms with van der Waals surface area (Å²) in [5.41, 5.74) is 1.12. The van der Waals surface area contributed by atoms with Crippen molar-refractivity contribution in [3.63, 3.8) is 0 Å². The van der Waals surface area contributed by atoms with Crippen LogP contribution in [-0.2, 0) is 6.42 Å². The Balaban J connectivity index is 2.68. The number of benzene rings is 1. The Bertz CT molecular complexity index is 325. The molecule has 0 spiro atoms. The van der Waals surface area contributed by atoms with Crippen LogP contribution in [0.3, 0.4) is 0 Å². The Morgan fingerprint density at radius 2 is 1.93 bits per heavy atom. The zero-order valence-electron chi connectivity index (χ0n) is 9.00. The molecule has 0 fully saturated rings. The number of hydrogen-bond donors (Lipinski definition) is 1. The summed E-state index contributed by atoms with van der Waals surface area (Å²) in [4.78, 5) is 0. The Hall–Kier alpha value is -0.240. The highest BCUT2D eigenvalue weighted by Crippen LogP contribution is 2.24. The van der Waals surface area contributed by atoms with Crippen molar-refractivity contribution in [2.75, 3.05) is 0 Å². The van der Waals surface area contributed by atoms with Gasteiger partial charge in [0.05, 0.1) is 16.1 Å². The van der Waals surface area contributed by atoms with Gasteiger partial charge in [-0.1, -0.05) is 43.1 Å². The van der Waals surface area contributed by atoms with E-state index in [9.17, 15) is 5.11 Å². The van der Waals surface area contributed by atoms with Crippen LogP contribution in [0.1, 0.15) is 25.8 Å². The Kier molecular flexibility index (Phi) is 4.91. The summed E-state index contributed by atoms with van der Waals surface area (Å²) in [6, 6.07) is 5.61. The summed E-state index contributed by atoms with van der Waals surface area (Å²) in [5, 5.41) is 10.8. The van der Waals surface area contributed by atoms with E-state index in [-0.39, 0.29) is 12.0 Å². The van der Waals surface area contributed by atoms with E-state index < -0.39 is 0 Å². The lowest BCUT2D eigenvalue weighted by Crippen LogP contribution is -2.18. The minimum Gasteiger partial charge on any atom is -0.393 e. The van der Waals surface area contributed by atoms with Crippen molar-refractivity contribution in [2.24, 2.45) is 5.92 Å². The maximum atomic E-state index is 9.65. The summed E-state index contributed by atoms with van der Waals surface area (Å²) in [6.45, 7) is 4.02. The molecule has 0 aromatic heterocycles. The predicted octanol–water partition coefficient (Wildman–Crippen LogP) is 3.94. The molecule has 1 aromatic carbocycles. The molecule has 0 amide bonds. The van der Waals surface area contributed by atoms with Crippen molar-refractivity contribution < 1.29 is 5.11 Å².